The fourth-order valence-corrected chi connectivity index (χ4v) is 5.18. The molecule has 1 saturated heterocycles. The van der Waals surface area contributed by atoms with Crippen molar-refractivity contribution in [1.29, 1.82) is 5.26 Å². The highest BCUT2D eigenvalue weighted by Crippen LogP contribution is 2.40. The molecule has 0 bridgehead atoms. The number of nitrogens with one attached hydrogen (secondary N) is 1. The van der Waals surface area contributed by atoms with Gasteiger partial charge >= 0.3 is 0 Å². The number of rotatable bonds is 7. The van der Waals surface area contributed by atoms with Crippen molar-refractivity contribution < 1.29 is 27.4 Å². The molecule has 1 fully saturated rings. The Bertz CT molecular complexity index is 1170. The monoisotopic (exact) mass is 471 g/mol. The molecule has 4 rings (SSSR count). The van der Waals surface area contributed by atoms with E-state index in [9.17, 15) is 13.2 Å². The minimum Gasteiger partial charge on any atom is -0.454 e. The lowest BCUT2D eigenvalue weighted by Crippen LogP contribution is -2.47. The van der Waals surface area contributed by atoms with Gasteiger partial charge in [0.05, 0.1) is 23.1 Å². The van der Waals surface area contributed by atoms with E-state index in [0.717, 1.165) is 9.87 Å². The van der Waals surface area contributed by atoms with Gasteiger partial charge in [-0.05, 0) is 54.8 Å². The number of benzene rings is 2. The van der Waals surface area contributed by atoms with E-state index in [1.165, 1.54) is 31.3 Å². The topological polar surface area (TPSA) is 118 Å². The summed E-state index contributed by atoms with van der Waals surface area (Å²) in [4.78, 5) is 12.7. The fourth-order valence-electron chi connectivity index (χ4n) is 4.05. The summed E-state index contributed by atoms with van der Waals surface area (Å²) in [6, 6.07) is 13.3. The summed E-state index contributed by atoms with van der Waals surface area (Å²) in [5, 5.41) is 11.8. The number of nitrogens with zero attached hydrogens (tertiary/aromatic N) is 2. The minimum atomic E-state index is -3.86. The second-order valence-electron chi connectivity index (χ2n) is 8.13. The Morgan fingerprint density at radius 2 is 1.82 bits per heavy atom. The number of hydrogen-bond acceptors (Lipinski definition) is 7. The molecular weight excluding hydrogens is 446 g/mol. The van der Waals surface area contributed by atoms with Gasteiger partial charge < -0.3 is 19.5 Å². The number of sulfonamides is 1. The summed E-state index contributed by atoms with van der Waals surface area (Å²) in [7, 11) is -2.51. The first-order valence-electron chi connectivity index (χ1n) is 10.6. The van der Waals surface area contributed by atoms with E-state index in [-0.39, 0.29) is 23.6 Å². The molecule has 0 unspecified atom stereocenters. The Labute approximate surface area is 192 Å². The average molecular weight is 472 g/mol. The Kier molecular flexibility index (Phi) is 6.56. The Morgan fingerprint density at radius 1 is 1.12 bits per heavy atom. The molecule has 2 aliphatic rings. The van der Waals surface area contributed by atoms with Crippen molar-refractivity contribution in [2.24, 2.45) is 0 Å². The van der Waals surface area contributed by atoms with Gasteiger partial charge in [-0.1, -0.05) is 6.07 Å². The van der Waals surface area contributed by atoms with Crippen LogP contribution >= 0.6 is 0 Å². The zero-order valence-corrected chi connectivity index (χ0v) is 19.1. The van der Waals surface area contributed by atoms with Gasteiger partial charge in [0.25, 0.3) is 0 Å². The second kappa shape index (κ2) is 9.39. The maximum absolute atomic E-state index is 12.8. The lowest BCUT2D eigenvalue weighted by atomic mass is 9.74. The first kappa shape index (κ1) is 23.0. The molecule has 33 heavy (non-hydrogen) atoms. The number of fused-ring (bicyclic) bond motifs is 1. The van der Waals surface area contributed by atoms with Gasteiger partial charge in [0.1, 0.15) is 0 Å². The van der Waals surface area contributed by atoms with Crippen LogP contribution in [0.25, 0.3) is 0 Å². The van der Waals surface area contributed by atoms with Crippen molar-refractivity contribution in [3.8, 4) is 17.6 Å². The van der Waals surface area contributed by atoms with E-state index in [0.29, 0.717) is 49.7 Å². The lowest BCUT2D eigenvalue weighted by molar-refractivity contribution is -0.121. The zero-order chi connectivity index (χ0) is 23.5. The quantitative estimate of drug-likeness (QED) is 0.654. The molecule has 0 spiro atoms. The summed E-state index contributed by atoms with van der Waals surface area (Å²) in [5.41, 5.74) is 1.04. The molecule has 1 amide bonds. The lowest BCUT2D eigenvalue weighted by Gasteiger charge is -2.38. The van der Waals surface area contributed by atoms with Gasteiger partial charge in [-0.2, -0.15) is 9.57 Å². The van der Waals surface area contributed by atoms with Gasteiger partial charge in [-0.25, -0.2) is 8.42 Å². The van der Waals surface area contributed by atoms with E-state index >= 15 is 0 Å². The summed E-state index contributed by atoms with van der Waals surface area (Å²) >= 11 is 0. The molecular formula is C23H25N3O6S. The number of carbonyl (C=O) groups is 1. The predicted octanol–water partition coefficient (Wildman–Crippen LogP) is 1.77. The molecule has 2 aliphatic heterocycles. The summed E-state index contributed by atoms with van der Waals surface area (Å²) < 4.78 is 43.0. The molecule has 9 nitrogen and oxygen atoms in total. The van der Waals surface area contributed by atoms with Crippen LogP contribution in [0, 0.1) is 11.3 Å². The highest BCUT2D eigenvalue weighted by atomic mass is 32.2. The van der Waals surface area contributed by atoms with Crippen molar-refractivity contribution in [3.63, 3.8) is 0 Å². The van der Waals surface area contributed by atoms with E-state index in [4.69, 9.17) is 19.5 Å². The van der Waals surface area contributed by atoms with E-state index in [2.05, 4.69) is 5.32 Å². The average Bonchev–Trinajstić information content (AvgIpc) is 3.31. The molecule has 2 aromatic carbocycles. The van der Waals surface area contributed by atoms with Crippen molar-refractivity contribution >= 4 is 15.9 Å². The third kappa shape index (κ3) is 4.80. The minimum absolute atomic E-state index is 0.0260. The van der Waals surface area contributed by atoms with Crippen LogP contribution in [0.5, 0.6) is 11.5 Å². The summed E-state index contributed by atoms with van der Waals surface area (Å²) in [6.07, 6.45) is 1.43. The molecule has 0 aliphatic carbocycles. The van der Waals surface area contributed by atoms with Crippen LogP contribution in [0.2, 0.25) is 0 Å². The number of nitriles is 1. The molecule has 0 atom stereocenters. The fraction of sp³-hybridized carbons (Fsp3) is 0.391. The number of ether oxygens (including phenoxy) is 3. The van der Waals surface area contributed by atoms with Crippen molar-refractivity contribution in [2.45, 2.75) is 23.2 Å². The van der Waals surface area contributed by atoms with E-state index in [1.807, 2.05) is 24.3 Å². The Morgan fingerprint density at radius 3 is 2.52 bits per heavy atom. The van der Waals surface area contributed by atoms with Crippen molar-refractivity contribution in [2.75, 3.05) is 40.1 Å². The molecule has 2 heterocycles. The molecule has 1 N–H and O–H groups in total. The van der Waals surface area contributed by atoms with Crippen molar-refractivity contribution in [3.05, 3.63) is 53.6 Å². The standard InChI is InChI=1S/C23H25N3O6S/c1-26(33(28,29)19-5-2-17(13-24)3-6-19)14-22(27)25-15-23(8-10-30-11-9-23)18-4-7-20-21(12-18)32-16-31-20/h2-7,12H,8-11,14-16H2,1H3,(H,25,27). The first-order valence-corrected chi connectivity index (χ1v) is 12.0. The Balaban J connectivity index is 1.44. The van der Waals surface area contributed by atoms with Crippen molar-refractivity contribution in [1.82, 2.24) is 9.62 Å². The summed E-state index contributed by atoms with van der Waals surface area (Å²) in [5.74, 6) is 0.971. The van der Waals surface area contributed by atoms with Gasteiger partial charge in [0, 0.05) is 32.2 Å². The third-order valence-corrected chi connectivity index (χ3v) is 7.93. The van der Waals surface area contributed by atoms with Crippen LogP contribution in [0.4, 0.5) is 0 Å². The number of likely N-dealkylation sites (N-methyl/N-ethyl adjacent to an activating group) is 1. The Hall–Kier alpha value is -3.13. The molecule has 0 aromatic heterocycles. The van der Waals surface area contributed by atoms with Crippen LogP contribution < -0.4 is 14.8 Å². The van der Waals surface area contributed by atoms with E-state index in [1.54, 1.807) is 0 Å². The number of carbonyl (C=O) groups excluding carboxylic acids is 1. The molecule has 0 saturated carbocycles. The third-order valence-electron chi connectivity index (χ3n) is 6.12. The highest BCUT2D eigenvalue weighted by molar-refractivity contribution is 7.89. The summed E-state index contributed by atoms with van der Waals surface area (Å²) in [6.45, 7) is 1.34. The van der Waals surface area contributed by atoms with E-state index < -0.39 is 15.9 Å². The van der Waals surface area contributed by atoms with Crippen LogP contribution in [-0.4, -0.2) is 58.8 Å². The van der Waals surface area contributed by atoms with Crippen LogP contribution in [-0.2, 0) is 25.0 Å². The smallest absolute Gasteiger partial charge is 0.243 e. The number of hydrogen-bond donors (Lipinski definition) is 1. The maximum atomic E-state index is 12.8. The maximum Gasteiger partial charge on any atom is 0.243 e. The SMILES string of the molecule is CN(CC(=O)NCC1(c2ccc3c(c2)OCO3)CCOCC1)S(=O)(=O)c1ccc(C#N)cc1. The van der Waals surface area contributed by atoms with Gasteiger partial charge in [-0.3, -0.25) is 4.79 Å². The predicted molar refractivity (Wildman–Crippen MR) is 118 cm³/mol. The zero-order valence-electron chi connectivity index (χ0n) is 18.2. The molecule has 174 valence electrons. The van der Waals surface area contributed by atoms with Gasteiger partial charge in [0.2, 0.25) is 22.7 Å². The first-order chi connectivity index (χ1) is 15.8. The molecule has 2 aromatic rings. The van der Waals surface area contributed by atoms with Crippen LogP contribution in [0.3, 0.4) is 0 Å². The molecule has 10 heteroatoms. The largest absolute Gasteiger partial charge is 0.454 e. The normalized spacial score (nSPS) is 16.9. The highest BCUT2D eigenvalue weighted by Gasteiger charge is 2.36. The van der Waals surface area contributed by atoms with Crippen LogP contribution in [0.15, 0.2) is 47.4 Å². The molecule has 0 radical (unpaired) electrons. The second-order valence-corrected chi connectivity index (χ2v) is 10.2. The number of amides is 1. The van der Waals surface area contributed by atoms with Crippen LogP contribution in [0.1, 0.15) is 24.0 Å². The van der Waals surface area contributed by atoms with Gasteiger partial charge in [0.15, 0.2) is 11.5 Å². The van der Waals surface area contributed by atoms with Gasteiger partial charge in [-0.15, -0.1) is 0 Å².